The van der Waals surface area contributed by atoms with Gasteiger partial charge in [0.2, 0.25) is 0 Å². The fourth-order valence-corrected chi connectivity index (χ4v) is 2.16. The Morgan fingerprint density at radius 2 is 2.00 bits per heavy atom. The van der Waals surface area contributed by atoms with Crippen molar-refractivity contribution in [2.24, 2.45) is 0 Å². The second-order valence-corrected chi connectivity index (χ2v) is 4.71. The number of benzene rings is 2. The van der Waals surface area contributed by atoms with Gasteiger partial charge in [-0.25, -0.2) is 4.79 Å². The Kier molecular flexibility index (Phi) is 4.15. The number of nitrogens with one attached hydrogen (secondary N) is 1. The maximum Gasteiger partial charge on any atom is 0.337 e. The van der Waals surface area contributed by atoms with Gasteiger partial charge in [0.25, 0.3) is 0 Å². The summed E-state index contributed by atoms with van der Waals surface area (Å²) in [5.41, 5.74) is 2.27. The van der Waals surface area contributed by atoms with Crippen molar-refractivity contribution in [1.82, 2.24) is 0 Å². The molecule has 4 nitrogen and oxygen atoms in total. The Labute approximate surface area is 122 Å². The summed E-state index contributed by atoms with van der Waals surface area (Å²) in [5, 5.41) is 12.7. The number of carbonyl (C=O) groups is 1. The molecule has 104 valence electrons. The third kappa shape index (κ3) is 2.86. The van der Waals surface area contributed by atoms with E-state index in [0.717, 1.165) is 5.56 Å². The molecule has 0 unspecified atom stereocenters. The zero-order valence-electron chi connectivity index (χ0n) is 11.1. The van der Waals surface area contributed by atoms with Gasteiger partial charge in [-0.05, 0) is 36.8 Å². The Balaban J connectivity index is 2.47. The molecule has 5 heteroatoms. The van der Waals surface area contributed by atoms with E-state index in [4.69, 9.17) is 16.3 Å². The highest BCUT2D eigenvalue weighted by Gasteiger charge is 2.13. The molecule has 0 radical (unpaired) electrons. The first-order valence-electron chi connectivity index (χ1n) is 5.96. The van der Waals surface area contributed by atoms with Gasteiger partial charge in [-0.3, -0.25) is 0 Å². The zero-order chi connectivity index (χ0) is 14.7. The average molecular weight is 292 g/mol. The minimum atomic E-state index is -0.992. The lowest BCUT2D eigenvalue weighted by molar-refractivity contribution is 0.0698. The van der Waals surface area contributed by atoms with Crippen LogP contribution in [0.4, 0.5) is 11.4 Å². The van der Waals surface area contributed by atoms with Crippen molar-refractivity contribution >= 4 is 28.9 Å². The van der Waals surface area contributed by atoms with Gasteiger partial charge in [-0.15, -0.1) is 0 Å². The summed E-state index contributed by atoms with van der Waals surface area (Å²) < 4.78 is 5.24. The van der Waals surface area contributed by atoms with E-state index in [2.05, 4.69) is 5.32 Å². The number of carboxylic acid groups (broad SMARTS) is 1. The lowest BCUT2D eigenvalue weighted by atomic mass is 10.1. The zero-order valence-corrected chi connectivity index (χ0v) is 11.9. The molecule has 0 spiro atoms. The highest BCUT2D eigenvalue weighted by Crippen LogP contribution is 2.35. The third-order valence-corrected chi connectivity index (χ3v) is 3.14. The number of hydrogen-bond donors (Lipinski definition) is 2. The van der Waals surface area contributed by atoms with E-state index in [1.165, 1.54) is 7.11 Å². The molecule has 0 saturated carbocycles. The molecule has 2 rings (SSSR count). The van der Waals surface area contributed by atoms with E-state index in [1.807, 2.05) is 6.92 Å². The van der Waals surface area contributed by atoms with Crippen molar-refractivity contribution in [1.29, 1.82) is 0 Å². The standard InChI is InChI=1S/C15H14ClNO3/c1-9-6-7-10(15(18)19)13(8-9)17-12-5-3-4-11(16)14(12)20-2/h3-8,17H,1-2H3,(H,18,19). The van der Waals surface area contributed by atoms with Gasteiger partial charge in [0.05, 0.1) is 29.1 Å². The molecule has 20 heavy (non-hydrogen) atoms. The van der Waals surface area contributed by atoms with Crippen LogP contribution in [0.2, 0.25) is 5.02 Å². The topological polar surface area (TPSA) is 58.6 Å². The molecule has 2 aromatic carbocycles. The minimum Gasteiger partial charge on any atom is -0.493 e. The number of aryl methyl sites for hydroxylation is 1. The van der Waals surface area contributed by atoms with Crippen LogP contribution in [0.25, 0.3) is 0 Å². The predicted octanol–water partition coefficient (Wildman–Crippen LogP) is 4.10. The lowest BCUT2D eigenvalue weighted by Gasteiger charge is -2.14. The molecule has 0 aliphatic heterocycles. The quantitative estimate of drug-likeness (QED) is 0.890. The predicted molar refractivity (Wildman–Crippen MR) is 79.4 cm³/mol. The van der Waals surface area contributed by atoms with Crippen LogP contribution in [0, 0.1) is 6.92 Å². The fraction of sp³-hybridized carbons (Fsp3) is 0.133. The van der Waals surface area contributed by atoms with Crippen LogP contribution in [0.3, 0.4) is 0 Å². The highest BCUT2D eigenvalue weighted by atomic mass is 35.5. The van der Waals surface area contributed by atoms with Gasteiger partial charge in [-0.2, -0.15) is 0 Å². The monoisotopic (exact) mass is 291 g/mol. The summed E-state index contributed by atoms with van der Waals surface area (Å²) in [6, 6.07) is 10.3. The normalized spacial score (nSPS) is 10.2. The lowest BCUT2D eigenvalue weighted by Crippen LogP contribution is -2.04. The Bertz CT molecular complexity index is 656. The van der Waals surface area contributed by atoms with E-state index in [-0.39, 0.29) is 5.56 Å². The first kappa shape index (κ1) is 14.2. The third-order valence-electron chi connectivity index (χ3n) is 2.85. The number of methoxy groups -OCH3 is 1. The molecular weight excluding hydrogens is 278 g/mol. The van der Waals surface area contributed by atoms with E-state index in [0.29, 0.717) is 22.1 Å². The van der Waals surface area contributed by atoms with Crippen molar-refractivity contribution in [3.63, 3.8) is 0 Å². The number of rotatable bonds is 4. The van der Waals surface area contributed by atoms with Crippen molar-refractivity contribution in [2.75, 3.05) is 12.4 Å². The summed E-state index contributed by atoms with van der Waals surface area (Å²) in [4.78, 5) is 11.2. The summed E-state index contributed by atoms with van der Waals surface area (Å²) in [6.07, 6.45) is 0. The molecule has 0 atom stereocenters. The van der Waals surface area contributed by atoms with Crippen LogP contribution in [0.15, 0.2) is 36.4 Å². The molecule has 0 saturated heterocycles. The highest BCUT2D eigenvalue weighted by molar-refractivity contribution is 6.32. The first-order chi connectivity index (χ1) is 9.52. The molecular formula is C15H14ClNO3. The average Bonchev–Trinajstić information content (AvgIpc) is 2.38. The molecule has 0 heterocycles. The Morgan fingerprint density at radius 1 is 1.25 bits per heavy atom. The molecule has 0 aromatic heterocycles. The van der Waals surface area contributed by atoms with Gasteiger partial charge in [0.1, 0.15) is 0 Å². The minimum absolute atomic E-state index is 0.192. The van der Waals surface area contributed by atoms with E-state index in [9.17, 15) is 9.90 Å². The number of ether oxygens (including phenoxy) is 1. The fourth-order valence-electron chi connectivity index (χ4n) is 1.91. The van der Waals surface area contributed by atoms with Crippen LogP contribution in [-0.4, -0.2) is 18.2 Å². The van der Waals surface area contributed by atoms with Crippen molar-refractivity contribution in [2.45, 2.75) is 6.92 Å². The molecule has 0 aliphatic carbocycles. The number of aromatic carboxylic acids is 1. The Morgan fingerprint density at radius 3 is 2.65 bits per heavy atom. The summed E-state index contributed by atoms with van der Waals surface area (Å²) in [6.45, 7) is 1.89. The molecule has 0 amide bonds. The molecule has 0 fully saturated rings. The summed E-state index contributed by atoms with van der Waals surface area (Å²) in [5.74, 6) is -0.513. The van der Waals surface area contributed by atoms with Gasteiger partial charge in [0, 0.05) is 0 Å². The maximum atomic E-state index is 11.2. The van der Waals surface area contributed by atoms with E-state index in [1.54, 1.807) is 36.4 Å². The van der Waals surface area contributed by atoms with Gasteiger partial charge < -0.3 is 15.2 Å². The van der Waals surface area contributed by atoms with Crippen LogP contribution in [-0.2, 0) is 0 Å². The van der Waals surface area contributed by atoms with E-state index < -0.39 is 5.97 Å². The number of carboxylic acids is 1. The smallest absolute Gasteiger partial charge is 0.337 e. The van der Waals surface area contributed by atoms with Crippen LogP contribution >= 0.6 is 11.6 Å². The molecule has 2 aromatic rings. The number of para-hydroxylation sites is 1. The molecule has 0 bridgehead atoms. The van der Waals surface area contributed by atoms with Gasteiger partial charge >= 0.3 is 5.97 Å². The number of hydrogen-bond acceptors (Lipinski definition) is 3. The van der Waals surface area contributed by atoms with Crippen molar-refractivity contribution in [3.8, 4) is 5.75 Å². The molecule has 0 aliphatic rings. The largest absolute Gasteiger partial charge is 0.493 e. The maximum absolute atomic E-state index is 11.2. The van der Waals surface area contributed by atoms with E-state index >= 15 is 0 Å². The van der Waals surface area contributed by atoms with Crippen LogP contribution < -0.4 is 10.1 Å². The second-order valence-electron chi connectivity index (χ2n) is 4.30. The summed E-state index contributed by atoms with van der Waals surface area (Å²) in [7, 11) is 1.51. The summed E-state index contributed by atoms with van der Waals surface area (Å²) >= 11 is 6.05. The number of anilines is 2. The first-order valence-corrected chi connectivity index (χ1v) is 6.34. The SMILES string of the molecule is COc1c(Cl)cccc1Nc1cc(C)ccc1C(=O)O. The van der Waals surface area contributed by atoms with Crippen LogP contribution in [0.5, 0.6) is 5.75 Å². The second kappa shape index (κ2) is 5.84. The van der Waals surface area contributed by atoms with Crippen molar-refractivity contribution < 1.29 is 14.6 Å². The number of halogens is 1. The van der Waals surface area contributed by atoms with Gasteiger partial charge in [-0.1, -0.05) is 23.7 Å². The Hall–Kier alpha value is -2.20. The van der Waals surface area contributed by atoms with Crippen molar-refractivity contribution in [3.05, 3.63) is 52.5 Å². The van der Waals surface area contributed by atoms with Crippen LogP contribution in [0.1, 0.15) is 15.9 Å². The molecule has 2 N–H and O–H groups in total. The van der Waals surface area contributed by atoms with Gasteiger partial charge in [0.15, 0.2) is 5.75 Å².